The predicted octanol–water partition coefficient (Wildman–Crippen LogP) is 1.03. The Balaban J connectivity index is 2.62. The monoisotopic (exact) mass is 177 g/mol. The first kappa shape index (κ1) is 9.89. The van der Waals surface area contributed by atoms with Crippen molar-refractivity contribution in [3.63, 3.8) is 0 Å². The van der Waals surface area contributed by atoms with Gasteiger partial charge < -0.3 is 0 Å². The molecule has 0 saturated carbocycles. The maximum atomic E-state index is 5.39. The highest BCUT2D eigenvalue weighted by atomic mass is 15.2. The van der Waals surface area contributed by atoms with Crippen LogP contribution in [0.1, 0.15) is 12.5 Å². The first-order chi connectivity index (χ1) is 6.24. The summed E-state index contributed by atoms with van der Waals surface area (Å²) < 4.78 is 0. The molecule has 1 aromatic rings. The van der Waals surface area contributed by atoms with Gasteiger partial charge in [-0.1, -0.05) is 18.2 Å². The van der Waals surface area contributed by atoms with Crippen LogP contribution in [-0.2, 0) is 6.42 Å². The van der Waals surface area contributed by atoms with Crippen LogP contribution in [0.2, 0.25) is 0 Å². The fraction of sp³-hybridized carbons (Fsp3) is 0.300. The van der Waals surface area contributed by atoms with Gasteiger partial charge in [-0.15, -0.1) is 0 Å². The van der Waals surface area contributed by atoms with Gasteiger partial charge in [0.2, 0.25) is 0 Å². The van der Waals surface area contributed by atoms with Crippen LogP contribution < -0.4 is 11.3 Å². The molecule has 70 valence electrons. The molecule has 0 spiro atoms. The highest BCUT2D eigenvalue weighted by Crippen LogP contribution is 2.06. The molecule has 0 amide bonds. The topological polar surface area (TPSA) is 50.9 Å². The minimum atomic E-state index is 0.129. The predicted molar refractivity (Wildman–Crippen MR) is 53.9 cm³/mol. The summed E-state index contributed by atoms with van der Waals surface area (Å²) in [4.78, 5) is 4.03. The molecule has 0 aliphatic carbocycles. The van der Waals surface area contributed by atoms with Crippen molar-refractivity contribution >= 4 is 0 Å². The third-order valence-corrected chi connectivity index (χ3v) is 1.96. The Morgan fingerprint density at radius 3 is 3.00 bits per heavy atom. The Labute approximate surface area is 78.6 Å². The third-order valence-electron chi connectivity index (χ3n) is 1.96. The van der Waals surface area contributed by atoms with Crippen molar-refractivity contribution in [2.45, 2.75) is 19.4 Å². The van der Waals surface area contributed by atoms with Crippen LogP contribution >= 0.6 is 0 Å². The number of hydrogen-bond acceptors (Lipinski definition) is 3. The quantitative estimate of drug-likeness (QED) is 0.410. The van der Waals surface area contributed by atoms with Gasteiger partial charge in [-0.3, -0.25) is 16.3 Å². The molecule has 0 aliphatic heterocycles. The van der Waals surface area contributed by atoms with E-state index in [1.54, 1.807) is 6.20 Å². The lowest BCUT2D eigenvalue weighted by Crippen LogP contribution is -2.37. The normalized spacial score (nSPS) is 12.5. The summed E-state index contributed by atoms with van der Waals surface area (Å²) in [5, 5.41) is 0. The lowest BCUT2D eigenvalue weighted by atomic mass is 10.0. The van der Waals surface area contributed by atoms with E-state index in [-0.39, 0.29) is 6.04 Å². The summed E-state index contributed by atoms with van der Waals surface area (Å²) >= 11 is 0. The molecule has 0 saturated heterocycles. The average Bonchev–Trinajstić information content (AvgIpc) is 2.15. The van der Waals surface area contributed by atoms with E-state index >= 15 is 0 Å². The first-order valence-corrected chi connectivity index (χ1v) is 4.24. The van der Waals surface area contributed by atoms with E-state index in [0.29, 0.717) is 0 Å². The summed E-state index contributed by atoms with van der Waals surface area (Å²) in [7, 11) is 0. The van der Waals surface area contributed by atoms with Gasteiger partial charge in [-0.25, -0.2) is 0 Å². The van der Waals surface area contributed by atoms with Crippen LogP contribution in [0.25, 0.3) is 0 Å². The van der Waals surface area contributed by atoms with Gasteiger partial charge in [0.1, 0.15) is 0 Å². The third kappa shape index (κ3) is 2.97. The fourth-order valence-corrected chi connectivity index (χ4v) is 1.13. The molecule has 1 heterocycles. The van der Waals surface area contributed by atoms with Gasteiger partial charge >= 0.3 is 0 Å². The number of nitrogens with one attached hydrogen (secondary N) is 1. The highest BCUT2D eigenvalue weighted by Gasteiger charge is 2.07. The maximum Gasteiger partial charge on any atom is 0.0455 e. The van der Waals surface area contributed by atoms with E-state index in [2.05, 4.69) is 17.0 Å². The van der Waals surface area contributed by atoms with Gasteiger partial charge in [-0.2, -0.15) is 0 Å². The van der Waals surface area contributed by atoms with Crippen molar-refractivity contribution in [3.05, 3.63) is 42.2 Å². The summed E-state index contributed by atoms with van der Waals surface area (Å²) in [6, 6.07) is 4.07. The maximum absolute atomic E-state index is 5.39. The van der Waals surface area contributed by atoms with E-state index in [4.69, 9.17) is 5.84 Å². The number of hydrogen-bond donors (Lipinski definition) is 2. The first-order valence-electron chi connectivity index (χ1n) is 4.24. The second-order valence-electron chi connectivity index (χ2n) is 3.13. The van der Waals surface area contributed by atoms with Crippen molar-refractivity contribution in [2.75, 3.05) is 0 Å². The van der Waals surface area contributed by atoms with Gasteiger partial charge in [0.15, 0.2) is 0 Å². The second-order valence-corrected chi connectivity index (χ2v) is 3.13. The van der Waals surface area contributed by atoms with Crippen molar-refractivity contribution in [3.8, 4) is 0 Å². The molecule has 0 aliphatic rings. The zero-order chi connectivity index (χ0) is 9.68. The van der Waals surface area contributed by atoms with Crippen molar-refractivity contribution in [1.29, 1.82) is 0 Å². The lowest BCUT2D eigenvalue weighted by molar-refractivity contribution is 0.590. The zero-order valence-electron chi connectivity index (χ0n) is 7.83. The minimum Gasteiger partial charge on any atom is -0.271 e. The fourth-order valence-electron chi connectivity index (χ4n) is 1.13. The summed E-state index contributed by atoms with van der Waals surface area (Å²) in [5.74, 6) is 5.39. The number of aromatic nitrogens is 1. The Morgan fingerprint density at radius 2 is 2.54 bits per heavy atom. The van der Waals surface area contributed by atoms with Crippen molar-refractivity contribution < 1.29 is 0 Å². The van der Waals surface area contributed by atoms with Crippen molar-refractivity contribution in [1.82, 2.24) is 10.4 Å². The minimum absolute atomic E-state index is 0.129. The molecule has 13 heavy (non-hydrogen) atoms. The van der Waals surface area contributed by atoms with Gasteiger partial charge in [0, 0.05) is 18.4 Å². The standard InChI is InChI=1S/C10H15N3/c1-8(2)10(13-11)6-9-4-3-5-12-7-9/h3-5,7,10,13H,1,6,11H2,2H3. The summed E-state index contributed by atoms with van der Waals surface area (Å²) in [5.41, 5.74) is 4.92. The van der Waals surface area contributed by atoms with Crippen LogP contribution in [0.15, 0.2) is 36.7 Å². The molecule has 3 N–H and O–H groups in total. The van der Waals surface area contributed by atoms with Gasteiger partial charge in [0.05, 0.1) is 0 Å². The van der Waals surface area contributed by atoms with Crippen molar-refractivity contribution in [2.24, 2.45) is 5.84 Å². The van der Waals surface area contributed by atoms with E-state index < -0.39 is 0 Å². The largest absolute Gasteiger partial charge is 0.271 e. The van der Waals surface area contributed by atoms with Crippen LogP contribution in [0.4, 0.5) is 0 Å². The van der Waals surface area contributed by atoms with Crippen LogP contribution in [0.5, 0.6) is 0 Å². The number of hydrazine groups is 1. The molecule has 1 rings (SSSR count). The number of nitrogens with zero attached hydrogens (tertiary/aromatic N) is 1. The molecule has 0 aromatic carbocycles. The molecule has 1 aromatic heterocycles. The Bertz CT molecular complexity index is 269. The Hall–Kier alpha value is -1.19. The van der Waals surface area contributed by atoms with E-state index in [1.807, 2.05) is 25.3 Å². The SMILES string of the molecule is C=C(C)C(Cc1cccnc1)NN. The number of pyridine rings is 1. The van der Waals surface area contributed by atoms with Gasteiger partial charge in [0.25, 0.3) is 0 Å². The molecule has 0 fully saturated rings. The highest BCUT2D eigenvalue weighted by molar-refractivity contribution is 5.14. The molecule has 0 bridgehead atoms. The Morgan fingerprint density at radius 1 is 1.77 bits per heavy atom. The molecular weight excluding hydrogens is 162 g/mol. The summed E-state index contributed by atoms with van der Waals surface area (Å²) in [6.07, 6.45) is 4.43. The molecule has 1 unspecified atom stereocenters. The zero-order valence-corrected chi connectivity index (χ0v) is 7.83. The molecule has 3 heteroatoms. The van der Waals surface area contributed by atoms with Crippen LogP contribution in [-0.4, -0.2) is 11.0 Å². The molecule has 0 radical (unpaired) electrons. The summed E-state index contributed by atoms with van der Waals surface area (Å²) in [6.45, 7) is 5.82. The Kier molecular flexibility index (Phi) is 3.61. The molecule has 1 atom stereocenters. The van der Waals surface area contributed by atoms with Gasteiger partial charge in [-0.05, 0) is 25.0 Å². The number of rotatable bonds is 4. The van der Waals surface area contributed by atoms with E-state index in [9.17, 15) is 0 Å². The number of nitrogens with two attached hydrogens (primary N) is 1. The van der Waals surface area contributed by atoms with Crippen LogP contribution in [0.3, 0.4) is 0 Å². The second kappa shape index (κ2) is 4.74. The van der Waals surface area contributed by atoms with Crippen LogP contribution in [0, 0.1) is 0 Å². The smallest absolute Gasteiger partial charge is 0.0455 e. The van der Waals surface area contributed by atoms with E-state index in [0.717, 1.165) is 17.6 Å². The average molecular weight is 177 g/mol. The lowest BCUT2D eigenvalue weighted by Gasteiger charge is -2.15. The van der Waals surface area contributed by atoms with E-state index in [1.165, 1.54) is 0 Å². The molecule has 3 nitrogen and oxygen atoms in total. The molecular formula is C10H15N3.